The van der Waals surface area contributed by atoms with Crippen LogP contribution in [-0.4, -0.2) is 92.3 Å². The van der Waals surface area contributed by atoms with E-state index in [4.69, 9.17) is 15.2 Å². The van der Waals surface area contributed by atoms with Gasteiger partial charge in [-0.1, -0.05) is 13.8 Å². The molecule has 2 aliphatic heterocycles. The highest BCUT2D eigenvalue weighted by molar-refractivity contribution is 9.10. The first kappa shape index (κ1) is 47.2. The standard InChI is InChI=1S/C21H21F2N3O4S.C17H14BrF2N3O3S.C3H7NO/c1-2-5-31(28,29)26-17-4-3-16(22)18(19(17)23)20(27)15-9-25-21-14(15)7-12(8-24-21)6-13-10-30-11-13;1-2-5-27(25,26)23-13-4-3-12(19)14(15(13)20)16(24)11-8-22-17-10(11)6-9(18)7-21-17;4-3-1-5-2-3/h3-4,7-9,13,26H,2,5-6,10-11H2,1H3,(H,24,25);3-4,6-8,23H,2,5H2,1H3,(H,21,22);3H,1-2,4H2. The number of nitrogens with zero attached hydrogens (tertiary/aromatic N) is 2. The third-order valence-corrected chi connectivity index (χ3v) is 13.0. The maximum absolute atomic E-state index is 15.0. The van der Waals surface area contributed by atoms with Gasteiger partial charge in [-0.05, 0) is 77.2 Å². The molecule has 336 valence electrons. The molecule has 0 aliphatic carbocycles. The van der Waals surface area contributed by atoms with E-state index in [0.717, 1.165) is 49.5 Å². The number of H-pyrrole nitrogens is 2. The number of anilines is 2. The van der Waals surface area contributed by atoms with Crippen molar-refractivity contribution in [3.05, 3.63) is 117 Å². The lowest BCUT2D eigenvalue weighted by molar-refractivity contribution is -0.0312. The fourth-order valence-corrected chi connectivity index (χ4v) is 9.02. The lowest BCUT2D eigenvalue weighted by Crippen LogP contribution is -2.41. The Morgan fingerprint density at radius 1 is 0.746 bits per heavy atom. The summed E-state index contributed by atoms with van der Waals surface area (Å²) in [6.45, 7) is 6.16. The van der Waals surface area contributed by atoms with Gasteiger partial charge in [0, 0.05) is 57.1 Å². The summed E-state index contributed by atoms with van der Waals surface area (Å²) in [6.07, 6.45) is 7.22. The second-order valence-electron chi connectivity index (χ2n) is 14.7. The van der Waals surface area contributed by atoms with Crippen molar-refractivity contribution in [3.8, 4) is 0 Å². The maximum atomic E-state index is 15.0. The zero-order chi connectivity index (χ0) is 45.6. The molecule has 2 saturated heterocycles. The van der Waals surface area contributed by atoms with Gasteiger partial charge in [0.15, 0.2) is 11.6 Å². The predicted molar refractivity (Wildman–Crippen MR) is 232 cm³/mol. The molecule has 0 unspecified atom stereocenters. The lowest BCUT2D eigenvalue weighted by atomic mass is 9.97. The lowest BCUT2D eigenvalue weighted by Gasteiger charge is -2.25. The average Bonchev–Trinajstić information content (AvgIpc) is 3.82. The summed E-state index contributed by atoms with van der Waals surface area (Å²) in [6, 6.07) is 7.34. The number of aromatic nitrogens is 4. The Hall–Kier alpha value is -5.26. The molecule has 0 bridgehead atoms. The van der Waals surface area contributed by atoms with Gasteiger partial charge in [-0.3, -0.25) is 19.0 Å². The first-order valence-electron chi connectivity index (χ1n) is 19.5. The molecule has 15 nitrogen and oxygen atoms in total. The quantitative estimate of drug-likeness (QED) is 0.0567. The number of carbonyl (C=O) groups excluding carboxylic acids is 2. The number of hydrogen-bond donors (Lipinski definition) is 5. The SMILES string of the molecule is CCCS(=O)(=O)Nc1ccc(F)c(C(=O)c2c[nH]c3ncc(Br)cc23)c1F.CCCS(=O)(=O)Nc1ccc(F)c(C(=O)c2c[nH]c3ncc(CC4COC4)cc23)c1F.NC1COC1. The first-order chi connectivity index (χ1) is 29.9. The molecule has 2 aromatic carbocycles. The normalized spacial score (nSPS) is 14.2. The fraction of sp³-hybridized carbons (Fsp3) is 0.317. The number of aromatic amines is 2. The van der Waals surface area contributed by atoms with Crippen LogP contribution in [-0.2, 0) is 35.9 Å². The van der Waals surface area contributed by atoms with Crippen LogP contribution < -0.4 is 15.2 Å². The molecule has 63 heavy (non-hydrogen) atoms. The summed E-state index contributed by atoms with van der Waals surface area (Å²) in [5, 5.41) is 0.823. The van der Waals surface area contributed by atoms with Gasteiger partial charge in [0.2, 0.25) is 31.6 Å². The number of sulfonamides is 2. The smallest absolute Gasteiger partial charge is 0.232 e. The van der Waals surface area contributed by atoms with Crippen LogP contribution in [0.4, 0.5) is 28.9 Å². The minimum atomic E-state index is -3.82. The monoisotopic (exact) mass is 979 g/mol. The molecular weight excluding hydrogens is 939 g/mol. The summed E-state index contributed by atoms with van der Waals surface area (Å²) in [5.41, 5.74) is 4.39. The molecule has 0 saturated carbocycles. The molecule has 6 aromatic rings. The third kappa shape index (κ3) is 11.3. The number of nitrogens with one attached hydrogen (secondary N) is 4. The van der Waals surface area contributed by atoms with E-state index in [2.05, 4.69) is 45.3 Å². The number of benzene rings is 2. The van der Waals surface area contributed by atoms with Crippen molar-refractivity contribution in [3.63, 3.8) is 0 Å². The first-order valence-corrected chi connectivity index (χ1v) is 23.6. The number of hydrogen-bond acceptors (Lipinski definition) is 11. The van der Waals surface area contributed by atoms with E-state index in [0.29, 0.717) is 64.6 Å². The Morgan fingerprint density at radius 2 is 1.19 bits per heavy atom. The van der Waals surface area contributed by atoms with Crippen molar-refractivity contribution < 1.29 is 53.5 Å². The van der Waals surface area contributed by atoms with Crippen LogP contribution in [0.15, 0.2) is 65.7 Å². The van der Waals surface area contributed by atoms with Crippen LogP contribution in [0.3, 0.4) is 0 Å². The molecule has 0 spiro atoms. The Kier molecular flexibility index (Phi) is 15.0. The van der Waals surface area contributed by atoms with Crippen LogP contribution in [0.5, 0.6) is 0 Å². The number of pyridine rings is 2. The minimum Gasteiger partial charge on any atom is -0.381 e. The highest BCUT2D eigenvalue weighted by atomic mass is 79.9. The van der Waals surface area contributed by atoms with E-state index < -0.39 is 77.4 Å². The number of rotatable bonds is 14. The molecule has 0 radical (unpaired) electrons. The summed E-state index contributed by atoms with van der Waals surface area (Å²) >= 11 is 3.23. The van der Waals surface area contributed by atoms with Gasteiger partial charge in [0.05, 0.1) is 66.5 Å². The van der Waals surface area contributed by atoms with E-state index in [1.54, 1.807) is 32.2 Å². The van der Waals surface area contributed by atoms with Crippen LogP contribution >= 0.6 is 15.9 Å². The van der Waals surface area contributed by atoms with Crippen molar-refractivity contribution in [1.82, 2.24) is 19.9 Å². The van der Waals surface area contributed by atoms with Crippen molar-refractivity contribution >= 4 is 81.0 Å². The summed E-state index contributed by atoms with van der Waals surface area (Å²) < 4.78 is 121. The molecule has 6 N–H and O–H groups in total. The summed E-state index contributed by atoms with van der Waals surface area (Å²) in [7, 11) is -7.62. The minimum absolute atomic E-state index is 0.0187. The maximum Gasteiger partial charge on any atom is 0.232 e. The van der Waals surface area contributed by atoms with E-state index >= 15 is 4.39 Å². The van der Waals surface area contributed by atoms with Crippen molar-refractivity contribution in [2.45, 2.75) is 39.2 Å². The van der Waals surface area contributed by atoms with Gasteiger partial charge < -0.3 is 25.2 Å². The number of fused-ring (bicyclic) bond motifs is 2. The number of ketones is 2. The van der Waals surface area contributed by atoms with Gasteiger partial charge in [0.1, 0.15) is 22.9 Å². The molecule has 0 atom stereocenters. The summed E-state index contributed by atoms with van der Waals surface area (Å²) in [5.74, 6) is -6.59. The van der Waals surface area contributed by atoms with Crippen molar-refractivity contribution in [2.24, 2.45) is 11.7 Å². The molecule has 22 heteroatoms. The number of carbonyl (C=O) groups is 2. The van der Waals surface area contributed by atoms with Gasteiger partial charge in [-0.25, -0.2) is 44.4 Å². The van der Waals surface area contributed by atoms with Crippen molar-refractivity contribution in [1.29, 1.82) is 0 Å². The number of ether oxygens (including phenoxy) is 2. The van der Waals surface area contributed by atoms with Gasteiger partial charge >= 0.3 is 0 Å². The van der Waals surface area contributed by atoms with E-state index in [1.165, 1.54) is 18.6 Å². The molecular formula is C41H42BrF4N7O8S2. The Morgan fingerprint density at radius 3 is 1.60 bits per heavy atom. The van der Waals surface area contributed by atoms with Gasteiger partial charge in [-0.15, -0.1) is 0 Å². The van der Waals surface area contributed by atoms with Gasteiger partial charge in [-0.2, -0.15) is 0 Å². The highest BCUT2D eigenvalue weighted by Crippen LogP contribution is 2.30. The Labute approximate surface area is 367 Å². The second-order valence-corrected chi connectivity index (χ2v) is 19.3. The number of nitrogens with two attached hydrogens (primary N) is 1. The fourth-order valence-electron chi connectivity index (χ4n) is 6.42. The highest BCUT2D eigenvalue weighted by Gasteiger charge is 2.28. The molecule has 6 heterocycles. The Bertz CT molecular complexity index is 2890. The van der Waals surface area contributed by atoms with Crippen LogP contribution in [0.1, 0.15) is 64.1 Å². The van der Waals surface area contributed by atoms with Crippen molar-refractivity contribution in [2.75, 3.05) is 47.4 Å². The second kappa shape index (κ2) is 20.1. The Balaban J connectivity index is 0.000000190. The molecule has 4 aromatic heterocycles. The van der Waals surface area contributed by atoms with Crippen LogP contribution in [0.2, 0.25) is 0 Å². The number of halogens is 5. The van der Waals surface area contributed by atoms with E-state index in [-0.39, 0.29) is 22.6 Å². The summed E-state index contributed by atoms with van der Waals surface area (Å²) in [4.78, 5) is 39.9. The zero-order valence-electron chi connectivity index (χ0n) is 33.7. The van der Waals surface area contributed by atoms with Crippen LogP contribution in [0.25, 0.3) is 22.1 Å². The van der Waals surface area contributed by atoms with Gasteiger partial charge in [0.25, 0.3) is 0 Å². The van der Waals surface area contributed by atoms with E-state index in [9.17, 15) is 39.6 Å². The molecule has 0 amide bonds. The molecule has 2 fully saturated rings. The molecule has 2 aliphatic rings. The topological polar surface area (TPSA) is 228 Å². The van der Waals surface area contributed by atoms with Crippen LogP contribution in [0, 0.1) is 29.2 Å². The average molecular weight is 981 g/mol. The third-order valence-electron chi connectivity index (χ3n) is 9.58. The zero-order valence-corrected chi connectivity index (χ0v) is 37.0. The predicted octanol–water partition coefficient (Wildman–Crippen LogP) is 6.74. The largest absolute Gasteiger partial charge is 0.381 e. The van der Waals surface area contributed by atoms with E-state index in [1.807, 2.05) is 0 Å². The molecule has 8 rings (SSSR count).